The molecule has 1 amide bonds. The number of aliphatic hydroxyl groups is 1. The van der Waals surface area contributed by atoms with Gasteiger partial charge in [0.05, 0.1) is 31.0 Å². The van der Waals surface area contributed by atoms with Crippen molar-refractivity contribution in [3.8, 4) is 0 Å². The van der Waals surface area contributed by atoms with Crippen LogP contribution in [0, 0.1) is 0 Å². The number of aliphatic hydroxyl groups excluding tert-OH is 1. The van der Waals surface area contributed by atoms with Crippen molar-refractivity contribution in [2.75, 3.05) is 7.11 Å². The number of benzene rings is 2. The third-order valence-corrected chi connectivity index (χ3v) is 6.16. The van der Waals surface area contributed by atoms with Gasteiger partial charge in [-0.1, -0.05) is 42.5 Å². The second-order valence-electron chi connectivity index (χ2n) is 8.51. The number of pyridine rings is 1. The van der Waals surface area contributed by atoms with Crippen LogP contribution in [0.2, 0.25) is 0 Å². The molecule has 0 unspecified atom stereocenters. The van der Waals surface area contributed by atoms with Crippen molar-refractivity contribution < 1.29 is 19.4 Å². The Morgan fingerprint density at radius 3 is 2.59 bits per heavy atom. The Morgan fingerprint density at radius 2 is 1.85 bits per heavy atom. The highest BCUT2D eigenvalue weighted by Crippen LogP contribution is 2.26. The average Bonchev–Trinajstić information content (AvgIpc) is 3.36. The number of rotatable bonds is 8. The summed E-state index contributed by atoms with van der Waals surface area (Å²) >= 11 is 0. The minimum absolute atomic E-state index is 0.0451. The number of ether oxygens (including phenoxy) is 1. The van der Waals surface area contributed by atoms with E-state index >= 15 is 0 Å². The van der Waals surface area contributed by atoms with Gasteiger partial charge in [-0.05, 0) is 54.7 Å². The standard InChI is InChI=1S/C27H29N3O4/c1-34-27(33)21-13-14-28-23(16-21)17-29-26(32)20-9-7-18(8-10-20)15-22-11-12-24(30-22)25(31)19-5-3-2-4-6-19/h2-10,13-14,16,22,24-25,30-31H,11-12,15,17H2,1H3,(H,29,32)/t22-,24+,25+/m0/s1. The maximum Gasteiger partial charge on any atom is 0.337 e. The number of carbonyl (C=O) groups excluding carboxylic acids is 2. The van der Waals surface area contributed by atoms with E-state index in [1.54, 1.807) is 12.1 Å². The molecule has 0 saturated carbocycles. The van der Waals surface area contributed by atoms with Gasteiger partial charge in [0.1, 0.15) is 0 Å². The van der Waals surface area contributed by atoms with Crippen LogP contribution in [0.25, 0.3) is 0 Å². The number of hydrogen-bond acceptors (Lipinski definition) is 6. The fourth-order valence-electron chi connectivity index (χ4n) is 4.31. The molecule has 0 bridgehead atoms. The van der Waals surface area contributed by atoms with Crippen LogP contribution in [-0.2, 0) is 17.7 Å². The summed E-state index contributed by atoms with van der Waals surface area (Å²) in [6.07, 6.45) is 3.76. The SMILES string of the molecule is COC(=O)c1ccnc(CNC(=O)c2ccc(C[C@@H]3CC[C@H]([C@H](O)c4ccccc4)N3)cc2)c1. The van der Waals surface area contributed by atoms with Gasteiger partial charge in [-0.3, -0.25) is 9.78 Å². The van der Waals surface area contributed by atoms with Crippen LogP contribution in [-0.4, -0.2) is 41.2 Å². The van der Waals surface area contributed by atoms with Gasteiger partial charge in [-0.2, -0.15) is 0 Å². The summed E-state index contributed by atoms with van der Waals surface area (Å²) in [6.45, 7) is 0.211. The molecule has 34 heavy (non-hydrogen) atoms. The molecule has 3 atom stereocenters. The van der Waals surface area contributed by atoms with Crippen molar-refractivity contribution in [3.63, 3.8) is 0 Å². The van der Waals surface area contributed by atoms with E-state index in [9.17, 15) is 14.7 Å². The van der Waals surface area contributed by atoms with Crippen LogP contribution < -0.4 is 10.6 Å². The summed E-state index contributed by atoms with van der Waals surface area (Å²) in [7, 11) is 1.32. The number of methoxy groups -OCH3 is 1. The zero-order chi connectivity index (χ0) is 23.9. The van der Waals surface area contributed by atoms with Crippen LogP contribution in [0.4, 0.5) is 0 Å². The van der Waals surface area contributed by atoms with E-state index in [4.69, 9.17) is 4.74 Å². The van der Waals surface area contributed by atoms with Crippen molar-refractivity contribution in [2.24, 2.45) is 0 Å². The van der Waals surface area contributed by atoms with Crippen molar-refractivity contribution in [1.82, 2.24) is 15.6 Å². The maximum absolute atomic E-state index is 12.5. The number of nitrogens with one attached hydrogen (secondary N) is 2. The summed E-state index contributed by atoms with van der Waals surface area (Å²) in [5.41, 5.74) is 3.60. The molecule has 7 nitrogen and oxygen atoms in total. The normalized spacial score (nSPS) is 18.3. The van der Waals surface area contributed by atoms with E-state index in [2.05, 4.69) is 15.6 Å². The fourth-order valence-corrected chi connectivity index (χ4v) is 4.31. The Bertz CT molecular complexity index is 1120. The molecule has 0 aliphatic carbocycles. The number of aromatic nitrogens is 1. The monoisotopic (exact) mass is 459 g/mol. The lowest BCUT2D eigenvalue weighted by molar-refractivity contribution is 0.0600. The second-order valence-corrected chi connectivity index (χ2v) is 8.51. The molecule has 4 rings (SSSR count). The topological polar surface area (TPSA) is 101 Å². The molecule has 1 aliphatic heterocycles. The first-order chi connectivity index (χ1) is 16.5. The predicted octanol–water partition coefficient (Wildman–Crippen LogP) is 3.19. The van der Waals surface area contributed by atoms with Crippen LogP contribution >= 0.6 is 0 Å². The molecule has 1 aromatic heterocycles. The first-order valence-electron chi connectivity index (χ1n) is 11.4. The minimum Gasteiger partial charge on any atom is -0.465 e. The minimum atomic E-state index is -0.514. The largest absolute Gasteiger partial charge is 0.465 e. The smallest absolute Gasteiger partial charge is 0.337 e. The molecule has 0 radical (unpaired) electrons. The molecule has 3 aromatic rings. The third-order valence-electron chi connectivity index (χ3n) is 6.16. The Kier molecular flexibility index (Phi) is 7.67. The quantitative estimate of drug-likeness (QED) is 0.448. The van der Waals surface area contributed by atoms with E-state index in [1.807, 2.05) is 54.6 Å². The molecule has 0 spiro atoms. The molecular formula is C27H29N3O4. The molecule has 2 aromatic carbocycles. The van der Waals surface area contributed by atoms with E-state index in [1.165, 1.54) is 13.3 Å². The maximum atomic E-state index is 12.5. The molecule has 7 heteroatoms. The van der Waals surface area contributed by atoms with E-state index in [0.717, 1.165) is 30.4 Å². The van der Waals surface area contributed by atoms with Crippen LogP contribution in [0.3, 0.4) is 0 Å². The van der Waals surface area contributed by atoms with E-state index < -0.39 is 12.1 Å². The lowest BCUT2D eigenvalue weighted by Crippen LogP contribution is -2.35. The lowest BCUT2D eigenvalue weighted by Gasteiger charge is -2.20. The number of carbonyl (C=O) groups is 2. The lowest BCUT2D eigenvalue weighted by atomic mass is 10.0. The first kappa shape index (κ1) is 23.6. The molecule has 3 N–H and O–H groups in total. The Labute approximate surface area is 199 Å². The molecular weight excluding hydrogens is 430 g/mol. The first-order valence-corrected chi connectivity index (χ1v) is 11.4. The Hall–Kier alpha value is -3.55. The number of nitrogens with zero attached hydrogens (tertiary/aromatic N) is 1. The summed E-state index contributed by atoms with van der Waals surface area (Å²) in [6, 6.07) is 20.8. The molecule has 1 fully saturated rings. The van der Waals surface area contributed by atoms with Gasteiger partial charge in [0, 0.05) is 23.8 Å². The molecule has 176 valence electrons. The number of hydrogen-bond donors (Lipinski definition) is 3. The van der Waals surface area contributed by atoms with Crippen molar-refractivity contribution in [1.29, 1.82) is 0 Å². The predicted molar refractivity (Wildman–Crippen MR) is 128 cm³/mol. The Balaban J connectivity index is 1.28. The van der Waals surface area contributed by atoms with Gasteiger partial charge in [0.15, 0.2) is 0 Å². The van der Waals surface area contributed by atoms with Crippen LogP contribution in [0.1, 0.15) is 56.5 Å². The highest BCUT2D eigenvalue weighted by atomic mass is 16.5. The second kappa shape index (κ2) is 11.0. The summed E-state index contributed by atoms with van der Waals surface area (Å²) < 4.78 is 4.71. The zero-order valence-electron chi connectivity index (χ0n) is 19.1. The van der Waals surface area contributed by atoms with Gasteiger partial charge >= 0.3 is 5.97 Å². The van der Waals surface area contributed by atoms with Crippen molar-refractivity contribution in [3.05, 3.63) is 101 Å². The Morgan fingerprint density at radius 1 is 1.09 bits per heavy atom. The van der Waals surface area contributed by atoms with Gasteiger partial charge in [0.25, 0.3) is 5.91 Å². The fraction of sp³-hybridized carbons (Fsp3) is 0.296. The summed E-state index contributed by atoms with van der Waals surface area (Å²) in [5.74, 6) is -0.648. The van der Waals surface area contributed by atoms with Crippen molar-refractivity contribution >= 4 is 11.9 Å². The number of esters is 1. The van der Waals surface area contributed by atoms with Gasteiger partial charge in [-0.15, -0.1) is 0 Å². The van der Waals surface area contributed by atoms with Crippen LogP contribution in [0.15, 0.2) is 72.9 Å². The molecule has 2 heterocycles. The summed E-state index contributed by atoms with van der Waals surface area (Å²) in [5, 5.41) is 17.0. The zero-order valence-corrected chi connectivity index (χ0v) is 19.1. The van der Waals surface area contributed by atoms with Gasteiger partial charge < -0.3 is 20.5 Å². The summed E-state index contributed by atoms with van der Waals surface area (Å²) in [4.78, 5) is 28.4. The van der Waals surface area contributed by atoms with Crippen LogP contribution in [0.5, 0.6) is 0 Å². The van der Waals surface area contributed by atoms with Gasteiger partial charge in [-0.25, -0.2) is 4.79 Å². The van der Waals surface area contributed by atoms with Crippen molar-refractivity contribution in [2.45, 2.75) is 44.0 Å². The highest BCUT2D eigenvalue weighted by Gasteiger charge is 2.29. The highest BCUT2D eigenvalue weighted by molar-refractivity contribution is 5.94. The van der Waals surface area contributed by atoms with Gasteiger partial charge in [0.2, 0.25) is 0 Å². The number of amides is 1. The molecule has 1 saturated heterocycles. The third kappa shape index (κ3) is 5.87. The average molecular weight is 460 g/mol. The van der Waals surface area contributed by atoms with E-state index in [0.29, 0.717) is 16.8 Å². The molecule has 1 aliphatic rings. The van der Waals surface area contributed by atoms with E-state index in [-0.39, 0.29) is 24.5 Å².